The van der Waals surface area contributed by atoms with Gasteiger partial charge in [0.05, 0.1) is 29.6 Å². The Bertz CT molecular complexity index is 1280. The van der Waals surface area contributed by atoms with Crippen LogP contribution in [0.1, 0.15) is 18.2 Å². The minimum Gasteiger partial charge on any atom is -0.468 e. The van der Waals surface area contributed by atoms with Crippen molar-refractivity contribution in [2.75, 3.05) is 5.43 Å². The largest absolute Gasteiger partial charge is 0.468 e. The number of hydrogen-bond acceptors (Lipinski definition) is 7. The van der Waals surface area contributed by atoms with Crippen LogP contribution >= 0.6 is 0 Å². The van der Waals surface area contributed by atoms with Crippen LogP contribution in [0.15, 0.2) is 87.5 Å². The summed E-state index contributed by atoms with van der Waals surface area (Å²) in [6.07, 6.45) is 3.19. The van der Waals surface area contributed by atoms with Crippen LogP contribution in [0.3, 0.4) is 0 Å². The maximum atomic E-state index is 12.4. The molecule has 30 heavy (non-hydrogen) atoms. The molecule has 0 aliphatic carbocycles. The number of nitrogens with one attached hydrogen (secondary N) is 2. The molecule has 0 atom stereocenters. The second kappa shape index (κ2) is 8.44. The molecule has 9 heteroatoms. The molecule has 0 fully saturated rings. The molecule has 0 bridgehead atoms. The molecule has 4 aromatic rings. The van der Waals surface area contributed by atoms with Crippen LogP contribution in [0, 0.1) is 0 Å². The molecule has 0 aliphatic rings. The van der Waals surface area contributed by atoms with Gasteiger partial charge in [-0.05, 0) is 36.8 Å². The molecule has 2 aromatic heterocycles. The minimum absolute atomic E-state index is 0.0908. The Morgan fingerprint density at radius 3 is 2.63 bits per heavy atom. The lowest BCUT2D eigenvalue weighted by atomic mass is 10.1. The number of benzene rings is 2. The lowest BCUT2D eigenvalue weighted by Gasteiger charge is -2.08. The van der Waals surface area contributed by atoms with Gasteiger partial charge in [-0.15, -0.1) is 5.10 Å². The maximum Gasteiger partial charge on any atom is 0.240 e. The first-order valence-electron chi connectivity index (χ1n) is 9.16. The predicted molar refractivity (Wildman–Crippen MR) is 115 cm³/mol. The van der Waals surface area contributed by atoms with Crippen molar-refractivity contribution in [3.05, 3.63) is 84.4 Å². The summed E-state index contributed by atoms with van der Waals surface area (Å²) < 4.78 is 32.5. The Kier molecular flexibility index (Phi) is 5.55. The Labute approximate surface area is 173 Å². The van der Waals surface area contributed by atoms with E-state index in [0.717, 1.165) is 16.3 Å². The van der Waals surface area contributed by atoms with E-state index < -0.39 is 10.0 Å². The number of sulfonamides is 1. The van der Waals surface area contributed by atoms with Gasteiger partial charge in [0.2, 0.25) is 10.0 Å². The highest BCUT2D eigenvalue weighted by molar-refractivity contribution is 7.89. The topological polar surface area (TPSA) is 109 Å². The maximum absolute atomic E-state index is 12.4. The molecule has 0 unspecified atom stereocenters. The Morgan fingerprint density at radius 2 is 1.87 bits per heavy atom. The number of rotatable bonds is 7. The number of hydrogen-bond donors (Lipinski definition) is 2. The lowest BCUT2D eigenvalue weighted by molar-refractivity contribution is 0.498. The monoisotopic (exact) mass is 421 g/mol. The highest BCUT2D eigenvalue weighted by Crippen LogP contribution is 2.19. The summed E-state index contributed by atoms with van der Waals surface area (Å²) in [5.41, 5.74) is 4.40. The quantitative estimate of drug-likeness (QED) is 0.349. The summed E-state index contributed by atoms with van der Waals surface area (Å²) in [6, 6.07) is 17.6. The molecule has 0 spiro atoms. The fraction of sp³-hybridized carbons (Fsp3) is 0.0952. The van der Waals surface area contributed by atoms with Crippen molar-refractivity contribution in [2.45, 2.75) is 18.4 Å². The van der Waals surface area contributed by atoms with Crippen molar-refractivity contribution >= 4 is 32.3 Å². The van der Waals surface area contributed by atoms with E-state index in [9.17, 15) is 8.42 Å². The van der Waals surface area contributed by atoms with Crippen molar-refractivity contribution in [1.82, 2.24) is 14.9 Å². The van der Waals surface area contributed by atoms with Gasteiger partial charge in [0.15, 0.2) is 5.82 Å². The predicted octanol–water partition coefficient (Wildman–Crippen LogP) is 3.54. The second-order valence-corrected chi connectivity index (χ2v) is 8.28. The highest BCUT2D eigenvalue weighted by atomic mass is 32.2. The molecule has 0 aliphatic heterocycles. The number of aromatic nitrogens is 2. The molecule has 2 N–H and O–H groups in total. The Morgan fingerprint density at radius 1 is 1.07 bits per heavy atom. The molecule has 8 nitrogen and oxygen atoms in total. The van der Waals surface area contributed by atoms with E-state index in [4.69, 9.17) is 4.42 Å². The molecule has 0 radical (unpaired) electrons. The van der Waals surface area contributed by atoms with Crippen LogP contribution in [0.25, 0.3) is 10.8 Å². The van der Waals surface area contributed by atoms with Gasteiger partial charge in [-0.1, -0.05) is 36.4 Å². The third-order valence-electron chi connectivity index (χ3n) is 4.50. The third-order valence-corrected chi connectivity index (χ3v) is 5.92. The average Bonchev–Trinajstić information content (AvgIpc) is 3.30. The first-order valence-corrected chi connectivity index (χ1v) is 10.6. The van der Waals surface area contributed by atoms with Crippen LogP contribution in [0.5, 0.6) is 0 Å². The first-order chi connectivity index (χ1) is 14.5. The minimum atomic E-state index is -3.64. The summed E-state index contributed by atoms with van der Waals surface area (Å²) in [5, 5.41) is 14.3. The van der Waals surface area contributed by atoms with E-state index in [1.165, 1.54) is 18.4 Å². The Hall–Kier alpha value is -3.56. The number of nitrogens with zero attached hydrogens (tertiary/aromatic N) is 3. The van der Waals surface area contributed by atoms with E-state index in [1.54, 1.807) is 30.5 Å². The number of furan rings is 1. The standard InChI is InChI=1S/C21H19N5O3S/c1-15(24-26-21-20-7-3-2-5-17(20)13-22-25-21)16-8-10-19(11-9-16)30(27,28)23-14-18-6-4-12-29-18/h2-13,23H,14H2,1H3,(H,25,26). The van der Waals surface area contributed by atoms with E-state index in [2.05, 4.69) is 25.4 Å². The van der Waals surface area contributed by atoms with Gasteiger partial charge >= 0.3 is 0 Å². The van der Waals surface area contributed by atoms with Gasteiger partial charge in [-0.2, -0.15) is 10.2 Å². The third kappa shape index (κ3) is 4.37. The van der Waals surface area contributed by atoms with Crippen LogP contribution in [-0.4, -0.2) is 24.3 Å². The molecular weight excluding hydrogens is 402 g/mol. The fourth-order valence-corrected chi connectivity index (χ4v) is 3.84. The molecule has 2 heterocycles. The van der Waals surface area contributed by atoms with Gasteiger partial charge < -0.3 is 4.42 Å². The zero-order valence-corrected chi connectivity index (χ0v) is 16.9. The lowest BCUT2D eigenvalue weighted by Crippen LogP contribution is -2.23. The van der Waals surface area contributed by atoms with Crippen molar-refractivity contribution in [2.24, 2.45) is 5.10 Å². The Balaban J connectivity index is 1.47. The summed E-state index contributed by atoms with van der Waals surface area (Å²) in [6.45, 7) is 1.91. The second-order valence-electron chi connectivity index (χ2n) is 6.52. The van der Waals surface area contributed by atoms with Crippen LogP contribution < -0.4 is 10.1 Å². The number of anilines is 1. The van der Waals surface area contributed by atoms with E-state index in [-0.39, 0.29) is 11.4 Å². The summed E-state index contributed by atoms with van der Waals surface area (Å²) in [5.74, 6) is 1.09. The van der Waals surface area contributed by atoms with E-state index in [0.29, 0.717) is 17.3 Å². The van der Waals surface area contributed by atoms with Crippen molar-refractivity contribution in [3.8, 4) is 0 Å². The van der Waals surface area contributed by atoms with Crippen molar-refractivity contribution < 1.29 is 12.8 Å². The van der Waals surface area contributed by atoms with Gasteiger partial charge in [-0.25, -0.2) is 13.1 Å². The zero-order chi connectivity index (χ0) is 21.0. The summed E-state index contributed by atoms with van der Waals surface area (Å²) in [7, 11) is -3.64. The summed E-state index contributed by atoms with van der Waals surface area (Å²) >= 11 is 0. The molecule has 4 rings (SSSR count). The van der Waals surface area contributed by atoms with E-state index >= 15 is 0 Å². The van der Waals surface area contributed by atoms with Gasteiger partial charge in [-0.3, -0.25) is 5.43 Å². The zero-order valence-electron chi connectivity index (χ0n) is 16.1. The van der Waals surface area contributed by atoms with Gasteiger partial charge in [0, 0.05) is 10.8 Å². The smallest absolute Gasteiger partial charge is 0.240 e. The van der Waals surface area contributed by atoms with Crippen molar-refractivity contribution in [1.29, 1.82) is 0 Å². The molecular formula is C21H19N5O3S. The van der Waals surface area contributed by atoms with Crippen LogP contribution in [0.2, 0.25) is 0 Å². The SMILES string of the molecule is CC(=NNc1nncc2ccccc12)c1ccc(S(=O)(=O)NCc2ccco2)cc1. The highest BCUT2D eigenvalue weighted by Gasteiger charge is 2.14. The molecule has 0 amide bonds. The van der Waals surface area contributed by atoms with Crippen LogP contribution in [0.4, 0.5) is 5.82 Å². The number of fused-ring (bicyclic) bond motifs is 1. The molecule has 0 saturated carbocycles. The number of hydrazone groups is 1. The molecule has 0 saturated heterocycles. The van der Waals surface area contributed by atoms with Crippen molar-refractivity contribution in [3.63, 3.8) is 0 Å². The average molecular weight is 421 g/mol. The van der Waals surface area contributed by atoms with Crippen LogP contribution in [-0.2, 0) is 16.6 Å². The van der Waals surface area contributed by atoms with Gasteiger partial charge in [0.25, 0.3) is 0 Å². The molecule has 152 valence electrons. The van der Waals surface area contributed by atoms with E-state index in [1.807, 2.05) is 31.2 Å². The molecule has 2 aromatic carbocycles. The fourth-order valence-electron chi connectivity index (χ4n) is 2.85. The first kappa shape index (κ1) is 19.7. The normalized spacial score (nSPS) is 12.2. The summed E-state index contributed by atoms with van der Waals surface area (Å²) in [4.78, 5) is 0.165. The van der Waals surface area contributed by atoms with Gasteiger partial charge in [0.1, 0.15) is 5.76 Å².